The Labute approximate surface area is 166 Å². The Hall–Kier alpha value is -1.55. The molecule has 0 amide bonds. The second kappa shape index (κ2) is 7.12. The molecule has 0 aromatic heterocycles. The van der Waals surface area contributed by atoms with Crippen LogP contribution in [0.5, 0.6) is 0 Å². The monoisotopic (exact) mass is 385 g/mol. The van der Waals surface area contributed by atoms with Crippen LogP contribution in [0.1, 0.15) is 39.0 Å². The number of ether oxygens (including phenoxy) is 1. The number of rotatable bonds is 3. The van der Waals surface area contributed by atoms with Crippen molar-refractivity contribution in [3.8, 4) is 0 Å². The van der Waals surface area contributed by atoms with Gasteiger partial charge in [0.15, 0.2) is 0 Å². The second-order valence-electron chi connectivity index (χ2n) is 8.49. The van der Waals surface area contributed by atoms with Crippen LogP contribution < -0.4 is 5.32 Å². The van der Waals surface area contributed by atoms with Gasteiger partial charge >= 0.3 is 6.02 Å². The number of amidine groups is 2. The number of allylic oxidation sites excluding steroid dienone is 5. The van der Waals surface area contributed by atoms with Gasteiger partial charge in [0.05, 0.1) is 6.61 Å². The fourth-order valence-electron chi connectivity index (χ4n) is 5.98. The Morgan fingerprint density at radius 2 is 2.07 bits per heavy atom. The van der Waals surface area contributed by atoms with E-state index in [-0.39, 0.29) is 0 Å². The van der Waals surface area contributed by atoms with Gasteiger partial charge in [-0.25, -0.2) is 0 Å². The Morgan fingerprint density at radius 3 is 2.96 bits per heavy atom. The molecule has 4 aliphatic carbocycles. The summed E-state index contributed by atoms with van der Waals surface area (Å²) < 4.78 is 5.68. The molecule has 0 saturated heterocycles. The quantitative estimate of drug-likeness (QED) is 0.437. The fourth-order valence-corrected chi connectivity index (χ4v) is 6.17. The molecule has 0 aromatic carbocycles. The fraction of sp³-hybridized carbons (Fsp3) is 0.636. The average molecular weight is 386 g/mol. The van der Waals surface area contributed by atoms with E-state index in [4.69, 9.17) is 16.3 Å². The van der Waals surface area contributed by atoms with Crippen LogP contribution in [0.25, 0.3) is 0 Å². The van der Waals surface area contributed by atoms with Crippen LogP contribution in [0.3, 0.4) is 0 Å². The number of nitrogens with zero attached hydrogens (tertiary/aromatic N) is 2. The van der Waals surface area contributed by atoms with Crippen molar-refractivity contribution in [2.24, 2.45) is 45.5 Å². The number of nitrogens with one attached hydrogen (secondary N) is 1. The molecule has 1 N–H and O–H groups in total. The molecule has 5 rings (SSSR count). The average Bonchev–Trinajstić information content (AvgIpc) is 2.70. The van der Waals surface area contributed by atoms with Crippen molar-refractivity contribution in [1.29, 1.82) is 0 Å². The topological polar surface area (TPSA) is 46.0 Å². The first-order valence-electron chi connectivity index (χ1n) is 10.5. The largest absolute Gasteiger partial charge is 0.464 e. The van der Waals surface area contributed by atoms with E-state index in [1.54, 1.807) is 0 Å². The maximum absolute atomic E-state index is 6.34. The normalized spacial score (nSPS) is 41.7. The van der Waals surface area contributed by atoms with Crippen LogP contribution in [0.15, 0.2) is 45.9 Å². The van der Waals surface area contributed by atoms with E-state index >= 15 is 0 Å². The van der Waals surface area contributed by atoms with Crippen molar-refractivity contribution in [2.45, 2.75) is 44.7 Å². The van der Waals surface area contributed by atoms with Gasteiger partial charge in [-0.1, -0.05) is 48.9 Å². The van der Waals surface area contributed by atoms with Gasteiger partial charge in [0, 0.05) is 5.92 Å². The summed E-state index contributed by atoms with van der Waals surface area (Å²) in [6.07, 6.45) is 18.2. The maximum atomic E-state index is 6.34. The van der Waals surface area contributed by atoms with Crippen molar-refractivity contribution in [3.05, 3.63) is 36.0 Å². The molecule has 1 aliphatic heterocycles. The maximum Gasteiger partial charge on any atom is 0.316 e. The lowest BCUT2D eigenvalue weighted by Crippen LogP contribution is -2.49. The summed E-state index contributed by atoms with van der Waals surface area (Å²) in [5, 5.41) is 3.27. The third-order valence-corrected chi connectivity index (χ3v) is 7.22. The van der Waals surface area contributed by atoms with Crippen molar-refractivity contribution in [1.82, 2.24) is 5.32 Å². The summed E-state index contributed by atoms with van der Waals surface area (Å²) in [5.74, 6) is 5.07. The number of alkyl halides is 1. The van der Waals surface area contributed by atoms with Crippen LogP contribution in [0.2, 0.25) is 0 Å². The van der Waals surface area contributed by atoms with Crippen molar-refractivity contribution < 1.29 is 4.74 Å². The predicted octanol–water partition coefficient (Wildman–Crippen LogP) is 4.64. The zero-order valence-electron chi connectivity index (χ0n) is 15.9. The van der Waals surface area contributed by atoms with Crippen molar-refractivity contribution in [3.63, 3.8) is 0 Å². The molecule has 5 heteroatoms. The lowest BCUT2D eigenvalue weighted by molar-refractivity contribution is 0.0406. The molecule has 7 atom stereocenters. The molecular formula is C22H28ClN3O. The highest BCUT2D eigenvalue weighted by Gasteiger charge is 2.50. The van der Waals surface area contributed by atoms with Gasteiger partial charge in [-0.2, -0.15) is 9.98 Å². The molecule has 0 radical (unpaired) electrons. The van der Waals surface area contributed by atoms with Crippen LogP contribution in [0, 0.1) is 35.5 Å². The summed E-state index contributed by atoms with van der Waals surface area (Å²) in [6, 6.07) is 0.411. The molecule has 27 heavy (non-hydrogen) atoms. The van der Waals surface area contributed by atoms with Crippen LogP contribution >= 0.6 is 11.6 Å². The van der Waals surface area contributed by atoms with Crippen molar-refractivity contribution in [2.75, 3.05) is 6.61 Å². The van der Waals surface area contributed by atoms with Gasteiger partial charge in [0.2, 0.25) is 5.62 Å². The minimum Gasteiger partial charge on any atom is -0.464 e. The Kier molecular flexibility index (Phi) is 4.63. The standard InChI is InChI=1S/C22H28ClN3O/c1-2-12-27-22-25-20(24-21(23)26-22)17-11-9-15-7-6-13-4-3-5-14-8-10-16(17)19(15)18(13)14/h3-4,8,10-11,13-16,18-19,21H,2,5-7,9,12H2,1H3,(H,24,25,26). The molecule has 1 saturated carbocycles. The predicted molar refractivity (Wildman–Crippen MR) is 110 cm³/mol. The summed E-state index contributed by atoms with van der Waals surface area (Å²) >= 11 is 6.34. The molecule has 144 valence electrons. The Balaban J connectivity index is 1.47. The molecule has 0 aromatic rings. The highest BCUT2D eigenvalue weighted by molar-refractivity contribution is 6.23. The summed E-state index contributed by atoms with van der Waals surface area (Å²) in [7, 11) is 0. The lowest BCUT2D eigenvalue weighted by Gasteiger charge is -2.53. The summed E-state index contributed by atoms with van der Waals surface area (Å²) in [4.78, 5) is 8.96. The number of aliphatic imine (C=N–C) groups is 2. The smallest absolute Gasteiger partial charge is 0.316 e. The van der Waals surface area contributed by atoms with Gasteiger partial charge in [-0.15, -0.1) is 0 Å². The third kappa shape index (κ3) is 3.06. The van der Waals surface area contributed by atoms with E-state index in [1.807, 2.05) is 0 Å². The molecule has 4 nitrogen and oxygen atoms in total. The summed E-state index contributed by atoms with van der Waals surface area (Å²) in [5.41, 5.74) is 0.777. The minimum absolute atomic E-state index is 0.411. The van der Waals surface area contributed by atoms with Gasteiger partial charge in [0.1, 0.15) is 5.84 Å². The van der Waals surface area contributed by atoms with E-state index in [1.165, 1.54) is 24.8 Å². The number of hydrogen-bond donors (Lipinski definition) is 1. The van der Waals surface area contributed by atoms with Gasteiger partial charge < -0.3 is 10.1 Å². The molecule has 1 heterocycles. The van der Waals surface area contributed by atoms with Gasteiger partial charge in [-0.05, 0) is 67.3 Å². The molecule has 5 aliphatic rings. The van der Waals surface area contributed by atoms with E-state index in [2.05, 4.69) is 52.6 Å². The van der Waals surface area contributed by atoms with E-state index in [0.29, 0.717) is 18.5 Å². The van der Waals surface area contributed by atoms with E-state index in [0.717, 1.165) is 48.3 Å². The molecule has 1 fully saturated rings. The molecule has 0 bridgehead atoms. The minimum atomic E-state index is -0.514. The molecule has 7 unspecified atom stereocenters. The SMILES string of the molecule is CCCOC1=NC(Cl)NC(C2=CCC3CCC4C=CCC5C=CC2C3C54)=N1. The van der Waals surface area contributed by atoms with E-state index in [9.17, 15) is 0 Å². The van der Waals surface area contributed by atoms with Gasteiger partial charge in [-0.3, -0.25) is 0 Å². The molecule has 0 spiro atoms. The first-order valence-corrected chi connectivity index (χ1v) is 10.9. The zero-order valence-corrected chi connectivity index (χ0v) is 16.6. The molecular weight excluding hydrogens is 358 g/mol. The first-order chi connectivity index (χ1) is 13.2. The van der Waals surface area contributed by atoms with Crippen LogP contribution in [-0.2, 0) is 4.74 Å². The Bertz CT molecular complexity index is 753. The third-order valence-electron chi connectivity index (χ3n) is 7.02. The van der Waals surface area contributed by atoms with Crippen LogP contribution in [0.4, 0.5) is 0 Å². The highest BCUT2D eigenvalue weighted by atomic mass is 35.5. The Morgan fingerprint density at radius 1 is 1.15 bits per heavy atom. The zero-order chi connectivity index (χ0) is 18.4. The highest BCUT2D eigenvalue weighted by Crippen LogP contribution is 2.56. The van der Waals surface area contributed by atoms with Crippen molar-refractivity contribution >= 4 is 23.5 Å². The first kappa shape index (κ1) is 17.5. The van der Waals surface area contributed by atoms with Crippen LogP contribution in [-0.4, -0.2) is 24.1 Å². The number of halogens is 1. The second-order valence-corrected chi connectivity index (χ2v) is 8.90. The summed E-state index contributed by atoms with van der Waals surface area (Å²) in [6.45, 7) is 2.69. The van der Waals surface area contributed by atoms with E-state index < -0.39 is 5.62 Å². The number of hydrogen-bond acceptors (Lipinski definition) is 4. The van der Waals surface area contributed by atoms with Gasteiger partial charge in [0.25, 0.3) is 0 Å². The lowest BCUT2D eigenvalue weighted by atomic mass is 9.51.